The van der Waals surface area contributed by atoms with E-state index in [9.17, 15) is 48.9 Å². The van der Waals surface area contributed by atoms with Gasteiger partial charge in [-0.25, -0.2) is 0 Å². The van der Waals surface area contributed by atoms with E-state index in [4.69, 9.17) is 80.8 Å². The molecule has 4 saturated carbocycles. The van der Waals surface area contributed by atoms with Gasteiger partial charge in [-0.05, 0) is 224 Å². The number of methoxy groups -OCH3 is 2. The lowest BCUT2D eigenvalue weighted by molar-refractivity contribution is -0.140. The smallest absolute Gasteiger partial charge is 0.323 e. The molecule has 3 amide bonds. The number of benzene rings is 8. The number of carboxylic acids is 4. The Balaban J connectivity index is 0.000000127. The number of carbonyl (C=O) groups excluding carboxylic acids is 3. The number of amides is 3. The Bertz CT molecular complexity index is 6950. The molecule has 8 atom stereocenters. The first-order valence-corrected chi connectivity index (χ1v) is 53.4. The zero-order valence-electron chi connectivity index (χ0n) is 79.7. The Labute approximate surface area is 867 Å². The molecule has 12 aliphatic rings. The van der Waals surface area contributed by atoms with Gasteiger partial charge in [-0.15, -0.1) is 11.3 Å². The number of nitrogens with zero attached hydrogens (tertiary/aromatic N) is 10. The van der Waals surface area contributed by atoms with Crippen LogP contribution in [0.3, 0.4) is 0 Å². The molecule has 0 bridgehead atoms. The number of aromatic nitrogens is 1. The highest BCUT2D eigenvalue weighted by molar-refractivity contribution is 8.27. The van der Waals surface area contributed by atoms with Crippen LogP contribution in [0.25, 0.3) is 29.9 Å². The largest absolute Gasteiger partial charge is 0.497 e. The van der Waals surface area contributed by atoms with Crippen molar-refractivity contribution in [2.45, 2.75) is 203 Å². The second-order valence-electron chi connectivity index (χ2n) is 37.4. The maximum absolute atomic E-state index is 13.2. The van der Waals surface area contributed by atoms with Gasteiger partial charge in [-0.2, -0.15) is 10.5 Å². The minimum atomic E-state index is -1.09. The van der Waals surface area contributed by atoms with Gasteiger partial charge in [-0.1, -0.05) is 198 Å². The van der Waals surface area contributed by atoms with Gasteiger partial charge in [0.15, 0.2) is 17.1 Å². The van der Waals surface area contributed by atoms with Crippen LogP contribution in [-0.4, -0.2) is 166 Å². The van der Waals surface area contributed by atoms with Crippen molar-refractivity contribution >= 4 is 213 Å². The summed E-state index contributed by atoms with van der Waals surface area (Å²) >= 11 is 20.2. The minimum absolute atomic E-state index is 0.0966. The first-order chi connectivity index (χ1) is 69.8. The van der Waals surface area contributed by atoms with Crippen molar-refractivity contribution in [3.63, 3.8) is 0 Å². The number of thiazole rings is 1. The van der Waals surface area contributed by atoms with Crippen LogP contribution in [0.1, 0.15) is 216 Å². The first-order valence-electron chi connectivity index (χ1n) is 48.9. The number of para-hydroxylation sites is 1. The number of nitriles is 2. The number of thiocarbonyl (C=S) groups is 3. The number of aliphatic carboxylic acids is 4. The van der Waals surface area contributed by atoms with Crippen LogP contribution in [0.15, 0.2) is 183 Å². The topological polar surface area (TPSA) is 339 Å². The molecule has 9 aromatic rings. The predicted octanol–water partition coefficient (Wildman–Crippen LogP) is 21.1. The second-order valence-corrected chi connectivity index (χ2v) is 43.4. The Hall–Kier alpha value is -13.1. The van der Waals surface area contributed by atoms with Crippen molar-refractivity contribution in [3.8, 4) is 40.9 Å². The number of hydrogen-bond acceptors (Lipinski definition) is 26. The summed E-state index contributed by atoms with van der Waals surface area (Å²) in [5.74, 6) is 0.336. The van der Waals surface area contributed by atoms with Crippen LogP contribution in [0, 0.1) is 22.7 Å². The van der Waals surface area contributed by atoms with E-state index in [2.05, 4.69) is 136 Å². The van der Waals surface area contributed by atoms with Crippen molar-refractivity contribution in [3.05, 3.63) is 243 Å². The number of carbonyl (C=O) groups is 7. The molecule has 34 heteroatoms. The van der Waals surface area contributed by atoms with E-state index in [1.54, 1.807) is 20.3 Å². The fourth-order valence-electron chi connectivity index (χ4n) is 22.2. The maximum Gasteiger partial charge on any atom is 0.323 e. The fraction of sp³-hybridized carbons (Fsp3) is 0.355. The summed E-state index contributed by atoms with van der Waals surface area (Å²) in [5.41, 5.74) is 17.5. The molecular weight excluding hydrogens is 1960 g/mol. The molecule has 4 aliphatic carbocycles. The number of rotatable bonds is 29. The standard InChI is InChI=1S/C33H40N2O4S2.C28H24N4O3S.C25H24N2O5S2.C24H20N2O5S2/c1-2-3-4-5-6-7-8-9-19-39-25-16-14-24(15-17-25)35-28-12-10-11-26(28)27-20-23(13-18-29(27)35)21-30-32(38)34(22-31(36)37)33(40)41-30;29-16-19(17-30)28-31(13-12-26(33)34)27(35)25(36-28)15-18-10-11-24-22(14-18)21-8-4-5-9-23(21)32(24)20-6-2-1-3-7-20;1-31-16-10-15(11-17(12-16)32-2)27-20-5-3-4-18(20)19-8-14(6-7-21(19)27)9-22-24(30)26(13-23(28)29)25(33)34-22;27-22(28)11-25-23(29)21(33-24(25)32)9-13-4-6-18-16(8-13)15-2-1-3-17(15)26(18)14-5-7-19-20(10-14)31-12-30-19/h13-18,20-21,26,28H,2-12,19,22H2,1H3,(H,36,37);1-3,6-7,10-11,14-15,21,23H,4-5,8-9,12-13H2,(H,33,34);6-12,18,20H,3-5,13H2,1-2H3,(H,28,29);4-10,15,17H,1-3,11-12H2,(H,27,28)/b30-21-;25-15-;22-9-;21-9-. The molecule has 27 nitrogen and oxygen atoms in total. The number of unbranched alkanes of at least 4 members (excludes halogenated alkanes) is 7. The zero-order valence-corrected chi connectivity index (χ0v) is 85.5. The van der Waals surface area contributed by atoms with E-state index < -0.39 is 43.5 Å². The van der Waals surface area contributed by atoms with E-state index >= 15 is 0 Å². The third-order valence-electron chi connectivity index (χ3n) is 28.6. The van der Waals surface area contributed by atoms with Crippen molar-refractivity contribution in [2.24, 2.45) is 0 Å². The van der Waals surface area contributed by atoms with Gasteiger partial charge in [0.05, 0.1) is 46.5 Å². The third-order valence-corrected chi connectivity index (χ3v) is 33.9. The summed E-state index contributed by atoms with van der Waals surface area (Å²) in [7, 11) is 3.31. The fourth-order valence-corrected chi connectivity index (χ4v) is 27.1. The van der Waals surface area contributed by atoms with Crippen molar-refractivity contribution < 1.29 is 77.7 Å². The van der Waals surface area contributed by atoms with Gasteiger partial charge in [0.25, 0.3) is 23.3 Å². The van der Waals surface area contributed by atoms with Gasteiger partial charge in [-0.3, -0.25) is 57.6 Å². The molecular formula is C110H108N10O17S7. The van der Waals surface area contributed by atoms with Crippen LogP contribution in [-0.2, 0) is 40.1 Å². The number of ether oxygens (including phenoxy) is 5. The average molecular weight is 2070 g/mol. The van der Waals surface area contributed by atoms with E-state index in [1.165, 1.54) is 138 Å². The lowest BCUT2D eigenvalue weighted by Gasteiger charge is -2.33. The molecule has 1 aromatic heterocycles. The molecule has 0 radical (unpaired) electrons. The van der Waals surface area contributed by atoms with Crippen molar-refractivity contribution in [2.75, 3.05) is 66.9 Å². The molecule has 9 heterocycles. The predicted molar refractivity (Wildman–Crippen MR) is 574 cm³/mol. The van der Waals surface area contributed by atoms with Crippen LogP contribution in [0.5, 0.6) is 28.7 Å². The van der Waals surface area contributed by atoms with Crippen LogP contribution < -0.4 is 58.0 Å². The maximum atomic E-state index is 13.2. The molecule has 4 N–H and O–H groups in total. The number of carboxylic acid groups (broad SMARTS) is 4. The summed E-state index contributed by atoms with van der Waals surface area (Å²) < 4.78 is 30.8. The number of thioether (sulfide) groups is 3. The molecule has 742 valence electrons. The van der Waals surface area contributed by atoms with E-state index in [1.807, 2.05) is 85.0 Å². The Morgan fingerprint density at radius 1 is 0.431 bits per heavy atom. The molecule has 3 saturated heterocycles. The Kier molecular flexibility index (Phi) is 31.6. The number of anilines is 8. The molecule has 0 spiro atoms. The van der Waals surface area contributed by atoms with Gasteiger partial charge >= 0.3 is 23.9 Å². The molecule has 8 aliphatic heterocycles. The molecule has 144 heavy (non-hydrogen) atoms. The lowest BCUT2D eigenvalue weighted by atomic mass is 9.82. The zero-order chi connectivity index (χ0) is 101. The first kappa shape index (κ1) is 101. The quantitative estimate of drug-likeness (QED) is 0.0192. The Morgan fingerprint density at radius 3 is 1.26 bits per heavy atom. The summed E-state index contributed by atoms with van der Waals surface area (Å²) in [6.07, 6.45) is 32.3. The van der Waals surface area contributed by atoms with Crippen LogP contribution >= 0.6 is 83.3 Å². The van der Waals surface area contributed by atoms with E-state index in [0.29, 0.717) is 67.1 Å². The lowest BCUT2D eigenvalue weighted by Crippen LogP contribution is -2.33. The average Bonchev–Trinajstić information content (AvgIpc) is 1.59. The van der Waals surface area contributed by atoms with Gasteiger partial charge in [0.1, 0.15) is 66.6 Å². The summed E-state index contributed by atoms with van der Waals surface area (Å²) in [4.78, 5) is 110. The van der Waals surface area contributed by atoms with Crippen LogP contribution in [0.4, 0.5) is 45.5 Å². The summed E-state index contributed by atoms with van der Waals surface area (Å²) in [6, 6.07) is 61.4. The SMILES string of the molecule is CCCCCCCCCCOc1ccc(N2c3ccc(/C=C4\SC(=S)N(CC(=O)O)C4=O)cc3C3CCCC32)cc1.COc1cc(OC)cc(N2c3ccc(/C=C4\SC(=S)N(CC(=O)O)C4=O)cc3C3CCCC32)c1.N#CC(C#N)=c1s/c(=C\c2ccc3c(c2)C2CCCCC2N3c2ccccc2)c(=O)n1CCC(=O)O.O=C(O)CN1C(=O)/C(=C/c2ccc3c(c2)C2CCCC2N3c2ccc3c(c2)OCO3)SC1=S. The summed E-state index contributed by atoms with van der Waals surface area (Å²) in [5, 5.41) is 55.0. The minimum Gasteiger partial charge on any atom is -0.497 e. The highest BCUT2D eigenvalue weighted by atomic mass is 32.2. The third kappa shape index (κ3) is 21.6. The molecule has 21 rings (SSSR count). The van der Waals surface area contributed by atoms with E-state index in [-0.39, 0.29) is 66.2 Å². The van der Waals surface area contributed by atoms with Gasteiger partial charge < -0.3 is 63.7 Å². The number of hydrogen-bond donors (Lipinski definition) is 4. The normalized spacial score (nSPS) is 21.4. The highest BCUT2D eigenvalue weighted by Gasteiger charge is 2.48. The van der Waals surface area contributed by atoms with Crippen molar-refractivity contribution in [1.82, 2.24) is 19.3 Å². The molecule has 7 fully saturated rings. The Morgan fingerprint density at radius 2 is 0.826 bits per heavy atom. The van der Waals surface area contributed by atoms with Crippen LogP contribution in [0.2, 0.25) is 0 Å². The van der Waals surface area contributed by atoms with Gasteiger partial charge in [0.2, 0.25) is 6.79 Å². The monoisotopic (exact) mass is 2060 g/mol. The van der Waals surface area contributed by atoms with Crippen molar-refractivity contribution in [1.29, 1.82) is 10.5 Å². The highest BCUT2D eigenvalue weighted by Crippen LogP contribution is 2.58. The summed E-state index contributed by atoms with van der Waals surface area (Å²) in [6.45, 7) is 1.94. The van der Waals surface area contributed by atoms with Gasteiger partial charge in [0, 0.05) is 124 Å². The second kappa shape index (κ2) is 45.1. The number of fused-ring (bicyclic) bond motifs is 13. The molecule has 8 aromatic carbocycles. The molecule has 8 unspecified atom stereocenters. The van der Waals surface area contributed by atoms with E-state index in [0.717, 1.165) is 188 Å².